The molecular weight excluding hydrogens is 178 g/mol. The van der Waals surface area contributed by atoms with Crippen LogP contribution in [-0.4, -0.2) is 37.0 Å². The number of hydrogen-bond acceptors (Lipinski definition) is 3. The Hall–Kier alpha value is -1.01. The topological polar surface area (TPSA) is 29.5 Å². The highest BCUT2D eigenvalue weighted by molar-refractivity contribution is 5.95. The van der Waals surface area contributed by atoms with Crippen LogP contribution in [-0.2, 0) is 9.53 Å². The molecule has 1 heterocycles. The minimum absolute atomic E-state index is 0.0338. The Morgan fingerprint density at radius 1 is 1.43 bits per heavy atom. The number of morpholine rings is 1. The van der Waals surface area contributed by atoms with Crippen LogP contribution in [0.2, 0.25) is 0 Å². The monoisotopic (exact) mass is 195 g/mol. The molecule has 0 spiro atoms. The summed E-state index contributed by atoms with van der Waals surface area (Å²) in [6, 6.07) is 2.88. The average Bonchev–Trinajstić information content (AvgIpc) is 2.15. The number of carbonyl (C=O) groups excluding carboxylic acids is 1. The smallest absolute Gasteiger partial charge is 0.207 e. The number of Topliss-reactive ketones (excluding diaryl/α,β-unsaturated/α-hetero) is 1. The first kappa shape index (κ1) is 11.1. The minimum atomic E-state index is 0.0338. The van der Waals surface area contributed by atoms with Crippen molar-refractivity contribution in [1.82, 2.24) is 4.90 Å². The fourth-order valence-corrected chi connectivity index (χ4v) is 1.24. The van der Waals surface area contributed by atoms with Crippen LogP contribution in [0.25, 0.3) is 0 Å². The molecule has 0 N–H and O–H groups in total. The van der Waals surface area contributed by atoms with Gasteiger partial charge in [0.2, 0.25) is 5.78 Å². The second-order valence-corrected chi connectivity index (χ2v) is 3.86. The molecule has 1 fully saturated rings. The molecule has 0 aromatic carbocycles. The maximum atomic E-state index is 11.3. The first-order chi connectivity index (χ1) is 6.68. The van der Waals surface area contributed by atoms with Gasteiger partial charge < -0.3 is 9.64 Å². The van der Waals surface area contributed by atoms with Gasteiger partial charge in [0, 0.05) is 25.6 Å². The molecule has 78 valence electrons. The molecule has 3 nitrogen and oxygen atoms in total. The third kappa shape index (κ3) is 4.29. The summed E-state index contributed by atoms with van der Waals surface area (Å²) in [5.41, 5.74) is 0. The van der Waals surface area contributed by atoms with Crippen molar-refractivity contribution in [3.05, 3.63) is 0 Å². The van der Waals surface area contributed by atoms with Crippen molar-refractivity contribution >= 4 is 5.78 Å². The predicted octanol–water partition coefficient (Wildman–Crippen LogP) is 0.895. The highest BCUT2D eigenvalue weighted by Crippen LogP contribution is 1.99. The molecule has 0 saturated carbocycles. The number of ether oxygens (including phenoxy) is 1. The maximum Gasteiger partial charge on any atom is 0.207 e. The molecule has 0 radical (unpaired) electrons. The van der Waals surface area contributed by atoms with E-state index in [2.05, 4.69) is 12.0 Å². The van der Waals surface area contributed by atoms with Gasteiger partial charge in [0.15, 0.2) is 0 Å². The molecule has 0 aromatic heterocycles. The Labute approximate surface area is 85.4 Å². The van der Waals surface area contributed by atoms with Crippen LogP contribution < -0.4 is 0 Å². The van der Waals surface area contributed by atoms with Gasteiger partial charge in [-0.1, -0.05) is 13.8 Å². The van der Waals surface area contributed by atoms with Crippen LogP contribution in [0.1, 0.15) is 20.3 Å². The third-order valence-corrected chi connectivity index (χ3v) is 1.96. The van der Waals surface area contributed by atoms with E-state index in [0.717, 1.165) is 13.1 Å². The standard InChI is InChI=1S/C11H17NO2/c1-10(2)9-11(13)3-4-12-5-7-14-8-6-12/h10H,5-9H2,1-2H3. The summed E-state index contributed by atoms with van der Waals surface area (Å²) in [5.74, 6) is 3.09. The Bertz CT molecular complexity index is 244. The van der Waals surface area contributed by atoms with Crippen LogP contribution in [0.3, 0.4) is 0 Å². The van der Waals surface area contributed by atoms with Gasteiger partial charge in [-0.25, -0.2) is 0 Å². The molecule has 0 unspecified atom stereocenters. The van der Waals surface area contributed by atoms with Gasteiger partial charge in [0.05, 0.1) is 13.2 Å². The van der Waals surface area contributed by atoms with E-state index in [1.54, 1.807) is 0 Å². The zero-order valence-corrected chi connectivity index (χ0v) is 8.88. The van der Waals surface area contributed by atoms with Gasteiger partial charge >= 0.3 is 0 Å². The zero-order chi connectivity index (χ0) is 10.4. The summed E-state index contributed by atoms with van der Waals surface area (Å²) in [6.07, 6.45) is 0.553. The minimum Gasteiger partial charge on any atom is -0.378 e. The number of carbonyl (C=O) groups is 1. The highest BCUT2D eigenvalue weighted by atomic mass is 16.5. The molecule has 0 aromatic rings. The number of rotatable bonds is 2. The summed E-state index contributed by atoms with van der Waals surface area (Å²) >= 11 is 0. The molecule has 1 saturated heterocycles. The van der Waals surface area contributed by atoms with Crippen LogP contribution >= 0.6 is 0 Å². The van der Waals surface area contributed by atoms with Crippen molar-refractivity contribution in [2.24, 2.45) is 5.92 Å². The first-order valence-electron chi connectivity index (χ1n) is 5.05. The van der Waals surface area contributed by atoms with Crippen molar-refractivity contribution in [3.63, 3.8) is 0 Å². The van der Waals surface area contributed by atoms with Gasteiger partial charge in [0.1, 0.15) is 0 Å². The van der Waals surface area contributed by atoms with Crippen molar-refractivity contribution in [2.75, 3.05) is 26.3 Å². The van der Waals surface area contributed by atoms with E-state index in [0.29, 0.717) is 25.6 Å². The second-order valence-electron chi connectivity index (χ2n) is 3.86. The fraction of sp³-hybridized carbons (Fsp3) is 0.727. The lowest BCUT2D eigenvalue weighted by atomic mass is 10.1. The summed E-state index contributed by atoms with van der Waals surface area (Å²) < 4.78 is 5.18. The molecule has 0 amide bonds. The van der Waals surface area contributed by atoms with E-state index in [-0.39, 0.29) is 5.78 Å². The van der Waals surface area contributed by atoms with Crippen molar-refractivity contribution in [2.45, 2.75) is 20.3 Å². The number of ketones is 1. The van der Waals surface area contributed by atoms with Crippen molar-refractivity contribution in [1.29, 1.82) is 0 Å². The lowest BCUT2D eigenvalue weighted by molar-refractivity contribution is -0.114. The van der Waals surface area contributed by atoms with Crippen LogP contribution in [0.4, 0.5) is 0 Å². The SMILES string of the molecule is CC(C)CC(=O)C#CN1CCOCC1. The number of nitrogens with zero attached hydrogens (tertiary/aromatic N) is 1. The van der Waals surface area contributed by atoms with Crippen LogP contribution in [0, 0.1) is 17.9 Å². The molecule has 3 heteroatoms. The Morgan fingerprint density at radius 3 is 2.64 bits per heavy atom. The summed E-state index contributed by atoms with van der Waals surface area (Å²) in [6.45, 7) is 7.09. The van der Waals surface area contributed by atoms with E-state index < -0.39 is 0 Å². The molecule has 0 atom stereocenters. The third-order valence-electron chi connectivity index (χ3n) is 1.96. The highest BCUT2D eigenvalue weighted by Gasteiger charge is 2.06. The van der Waals surface area contributed by atoms with Gasteiger partial charge in [-0.15, -0.1) is 0 Å². The molecule has 0 aliphatic carbocycles. The molecule has 14 heavy (non-hydrogen) atoms. The van der Waals surface area contributed by atoms with Crippen LogP contribution in [0.5, 0.6) is 0 Å². The Morgan fingerprint density at radius 2 is 2.07 bits per heavy atom. The molecule has 1 aliphatic rings. The van der Waals surface area contributed by atoms with E-state index >= 15 is 0 Å². The molecule has 1 aliphatic heterocycles. The van der Waals surface area contributed by atoms with E-state index in [1.165, 1.54) is 0 Å². The van der Waals surface area contributed by atoms with E-state index in [4.69, 9.17) is 4.74 Å². The van der Waals surface area contributed by atoms with E-state index in [9.17, 15) is 4.79 Å². The Kier molecular flexibility index (Phi) is 4.48. The normalized spacial score (nSPS) is 16.4. The average molecular weight is 195 g/mol. The van der Waals surface area contributed by atoms with E-state index in [1.807, 2.05) is 18.7 Å². The largest absolute Gasteiger partial charge is 0.378 e. The number of hydrogen-bond donors (Lipinski definition) is 0. The quantitative estimate of drug-likeness (QED) is 0.613. The van der Waals surface area contributed by atoms with Crippen molar-refractivity contribution < 1.29 is 9.53 Å². The van der Waals surface area contributed by atoms with Gasteiger partial charge in [-0.05, 0) is 11.8 Å². The zero-order valence-electron chi connectivity index (χ0n) is 8.88. The molecule has 0 bridgehead atoms. The lowest BCUT2D eigenvalue weighted by Gasteiger charge is -2.22. The van der Waals surface area contributed by atoms with Gasteiger partial charge in [-0.3, -0.25) is 4.79 Å². The molecular formula is C11H17NO2. The lowest BCUT2D eigenvalue weighted by Crippen LogP contribution is -2.32. The summed E-state index contributed by atoms with van der Waals surface area (Å²) in [4.78, 5) is 13.2. The van der Waals surface area contributed by atoms with Crippen molar-refractivity contribution in [3.8, 4) is 12.0 Å². The predicted molar refractivity (Wildman–Crippen MR) is 54.6 cm³/mol. The molecule has 1 rings (SSSR count). The summed E-state index contributed by atoms with van der Waals surface area (Å²) in [5, 5.41) is 0. The fourth-order valence-electron chi connectivity index (χ4n) is 1.24. The van der Waals surface area contributed by atoms with Gasteiger partial charge in [0.25, 0.3) is 0 Å². The second kappa shape index (κ2) is 5.66. The maximum absolute atomic E-state index is 11.3. The Balaban J connectivity index is 2.33. The summed E-state index contributed by atoms with van der Waals surface area (Å²) in [7, 11) is 0. The van der Waals surface area contributed by atoms with Crippen LogP contribution in [0.15, 0.2) is 0 Å². The first-order valence-corrected chi connectivity index (χ1v) is 5.05. The van der Waals surface area contributed by atoms with Gasteiger partial charge in [-0.2, -0.15) is 0 Å².